The first-order valence-corrected chi connectivity index (χ1v) is 47.6. The molecule has 1 nitrogen and oxygen atoms in total. The van der Waals surface area contributed by atoms with E-state index in [1.165, 1.54) is 236 Å². The molecule has 0 amide bonds. The molecule has 0 radical (unpaired) electrons. The fraction of sp³-hybridized carbons (Fsp3) is 0.341. The molecule has 0 aliphatic rings. The van der Waals surface area contributed by atoms with Gasteiger partial charge in [-0.15, -0.1) is 0 Å². The van der Waals surface area contributed by atoms with Gasteiger partial charge in [0.2, 0.25) is 0 Å². The van der Waals surface area contributed by atoms with Gasteiger partial charge in [0, 0.05) is 0 Å². The molecule has 2 N–H and O–H groups in total. The molecule has 10 aromatic carbocycles. The molecule has 0 aliphatic carbocycles. The zero-order valence-electron chi connectivity index (χ0n) is 72.2. The third-order valence-electron chi connectivity index (χ3n) is 26.8. The number of benzene rings is 10. The molecule has 0 aliphatic heterocycles. The van der Waals surface area contributed by atoms with Crippen LogP contribution in [0.3, 0.4) is 0 Å². The van der Waals surface area contributed by atoms with Crippen LogP contribution in [0.2, 0.25) is 0 Å². The maximum absolute atomic E-state index is 8.67. The van der Waals surface area contributed by atoms with E-state index in [0.717, 1.165) is 30.3 Å². The van der Waals surface area contributed by atoms with Gasteiger partial charge in [-0.3, -0.25) is 0 Å². The SMILES string of the molecule is Bc1c(C)cc(C)c(P(Cc2c(C)c(C)c(N)c(CP(c3c(C)cc(C)c(B)c3C)c3c(C)cc(C)c(B)c3C)c2-c2c(CP(c3c(C)cc(C)c(B)c3C)c3c(C)cc(C)c(B)c3C)[c]([K])c(C)c(I)c2CP(c2c(C)cc(C)c(B)c2C)c2c(C)cc(C)c(B)c2C)c2c(C)cc(C)c(B)c2C)c1C. The number of nitrogen functional groups attached to an aromatic ring is 1. The van der Waals surface area contributed by atoms with Crippen LogP contribution in [0.4, 0.5) is 5.69 Å². The predicted octanol–water partition coefficient (Wildman–Crippen LogP) is 7.26. The number of aryl methyl sites for hydroxylation is 16. The van der Waals surface area contributed by atoms with Gasteiger partial charge in [-0.05, 0) is 0 Å². The Morgan fingerprint density at radius 2 is 0.425 bits per heavy atom. The summed E-state index contributed by atoms with van der Waals surface area (Å²) in [4.78, 5) is 0. The molecule has 0 unspecified atom stereocenters. The normalized spacial score (nSPS) is 11.9. The number of halogens is 1. The number of hydrogen-bond acceptors (Lipinski definition) is 1. The monoisotopic (exact) mass is 1600 g/mol. The summed E-state index contributed by atoms with van der Waals surface area (Å²) in [5.41, 5.74) is 67.7. The fourth-order valence-corrected chi connectivity index (χ4v) is 35.6. The summed E-state index contributed by atoms with van der Waals surface area (Å²) in [7, 11) is 14.9. The molecule has 0 bridgehead atoms. The first-order chi connectivity index (χ1) is 49.4. The molecule has 536 valence electrons. The van der Waals surface area contributed by atoms with Crippen molar-refractivity contribution in [1.82, 2.24) is 0 Å². The molecule has 0 fully saturated rings. The van der Waals surface area contributed by atoms with Crippen LogP contribution >= 0.6 is 54.3 Å². The van der Waals surface area contributed by atoms with E-state index in [1.54, 1.807) is 37.0 Å². The van der Waals surface area contributed by atoms with Crippen LogP contribution in [-0.4, -0.2) is 112 Å². The Labute approximate surface area is 702 Å². The summed E-state index contributed by atoms with van der Waals surface area (Å²) in [5, 5.41) is 12.3. The van der Waals surface area contributed by atoms with Crippen molar-refractivity contribution in [3.05, 3.63) is 225 Å². The van der Waals surface area contributed by atoms with Crippen molar-refractivity contribution in [2.24, 2.45) is 0 Å². The van der Waals surface area contributed by atoms with E-state index >= 15 is 0 Å². The summed E-state index contributed by atoms with van der Waals surface area (Å²) >= 11 is 3.21. The third kappa shape index (κ3) is 15.2. The van der Waals surface area contributed by atoms with Crippen molar-refractivity contribution in [2.75, 3.05) is 5.73 Å². The average Bonchev–Trinajstić information content (AvgIpc) is 0.720. The second-order valence-corrected chi connectivity index (χ2v) is 44.0. The Balaban J connectivity index is 1.55. The van der Waals surface area contributed by atoms with Crippen molar-refractivity contribution < 1.29 is 0 Å². The Kier molecular flexibility index (Phi) is 26.5. The van der Waals surface area contributed by atoms with Crippen LogP contribution in [0.15, 0.2) is 48.5 Å². The molecule has 10 aromatic rings. The van der Waals surface area contributed by atoms with Gasteiger partial charge in [0.05, 0.1) is 0 Å². The molecule has 0 saturated heterocycles. The first kappa shape index (κ1) is 85.0. The van der Waals surface area contributed by atoms with Crippen LogP contribution in [0.1, 0.15) is 172 Å². The number of hydrogen-bond donors (Lipinski definition) is 1. The molecule has 106 heavy (non-hydrogen) atoms. The molecule has 15 heteroatoms. The van der Waals surface area contributed by atoms with E-state index < -0.39 is 31.7 Å². The Morgan fingerprint density at radius 1 is 0.245 bits per heavy atom. The number of rotatable bonds is 17. The number of nitrogens with two attached hydrogens (primary N) is 1. The van der Waals surface area contributed by atoms with E-state index in [4.69, 9.17) is 5.73 Å². The quantitative estimate of drug-likeness (QED) is 0.0443. The molecule has 0 atom stereocenters. The van der Waals surface area contributed by atoms with Crippen molar-refractivity contribution in [3.8, 4) is 11.1 Å². The van der Waals surface area contributed by atoms with Crippen molar-refractivity contribution in [2.45, 2.75) is 212 Å². The summed E-state index contributed by atoms with van der Waals surface area (Å²) in [6.07, 6.45) is 3.50. The van der Waals surface area contributed by atoms with Crippen LogP contribution in [-0.2, 0) is 24.6 Å². The van der Waals surface area contributed by atoms with E-state index in [2.05, 4.69) is 321 Å². The van der Waals surface area contributed by atoms with Crippen molar-refractivity contribution >= 4 is 257 Å². The minimum absolute atomic E-state index is 0.266. The van der Waals surface area contributed by atoms with Crippen LogP contribution in [0, 0.1) is 191 Å². The van der Waals surface area contributed by atoms with E-state index in [1.807, 2.05) is 0 Å². The van der Waals surface area contributed by atoms with E-state index in [-0.39, 0.29) is 49.0 Å². The van der Waals surface area contributed by atoms with Crippen LogP contribution in [0.25, 0.3) is 11.1 Å². The van der Waals surface area contributed by atoms with E-state index in [0.29, 0.717) is 0 Å². The summed E-state index contributed by atoms with van der Waals surface area (Å²) in [6.45, 7) is 65.5. The molecular weight excluding hydrogens is 1480 g/mol. The standard InChI is InChI=1S/C91H115B8INP4.K/c1-41-28-50(10)84(60(20)74(41)92)102(85-51(11)29-42(2)75(93)61(85)21)37-68-36-49(9)82(100)70(39-104(88-54(14)32-45(5)78(96)64(88)24)89-55(15)33-46(6)79(97)65(89)25)72(68)73-69(38-103(86-52(12)30-43(3)76(94)62(86)22)87-53(13)31-44(4)77(95)63(87)23)58(18)59(19)83(101)71(73)40-105(90-56(16)34-47(7)80(98)66(90)26)91-57(17)35-48(8)81(99)67(91)27;/h28-35H,37-40,92-99,101H2,1-27H3;. The molecule has 0 aromatic heterocycles. The summed E-state index contributed by atoms with van der Waals surface area (Å²) < 4.78 is 3.04. The predicted molar refractivity (Wildman–Crippen MR) is 519 cm³/mol. The zero-order valence-corrected chi connectivity index (χ0v) is 81.0. The Bertz CT molecular complexity index is 4480. The Hall–Kier alpha value is -3.39. The van der Waals surface area contributed by atoms with E-state index in [9.17, 15) is 0 Å². The first-order valence-electron chi connectivity index (χ1n) is 38.8. The second kappa shape index (κ2) is 33.0. The average molecular weight is 1600 g/mol. The summed E-state index contributed by atoms with van der Waals surface area (Å²) in [5.74, 6) is 0. The molecular formula is C91H115B8IKNP4. The van der Waals surface area contributed by atoms with Gasteiger partial charge in [0.15, 0.2) is 0 Å². The molecule has 0 saturated carbocycles. The van der Waals surface area contributed by atoms with Crippen LogP contribution in [0.5, 0.6) is 0 Å². The van der Waals surface area contributed by atoms with Gasteiger partial charge >= 0.3 is 711 Å². The molecule has 0 spiro atoms. The zero-order chi connectivity index (χ0) is 78.8. The topological polar surface area (TPSA) is 26.0 Å². The van der Waals surface area contributed by atoms with Gasteiger partial charge in [-0.25, -0.2) is 0 Å². The van der Waals surface area contributed by atoms with Gasteiger partial charge in [-0.1, -0.05) is 0 Å². The van der Waals surface area contributed by atoms with Crippen molar-refractivity contribution in [3.63, 3.8) is 0 Å². The maximum atomic E-state index is 8.67. The van der Waals surface area contributed by atoms with Gasteiger partial charge in [0.1, 0.15) is 0 Å². The van der Waals surface area contributed by atoms with Gasteiger partial charge < -0.3 is 0 Å². The van der Waals surface area contributed by atoms with Gasteiger partial charge in [-0.2, -0.15) is 0 Å². The van der Waals surface area contributed by atoms with Crippen molar-refractivity contribution in [1.29, 1.82) is 0 Å². The fourth-order valence-electron chi connectivity index (χ4n) is 18.8. The minimum atomic E-state index is -1.11. The molecule has 0 heterocycles. The second-order valence-electron chi connectivity index (χ2n) is 33.1. The Morgan fingerprint density at radius 3 is 0.642 bits per heavy atom. The third-order valence-corrected chi connectivity index (χ3v) is 42.7. The number of anilines is 1. The van der Waals surface area contributed by atoms with Gasteiger partial charge in [0.25, 0.3) is 0 Å². The van der Waals surface area contributed by atoms with Crippen LogP contribution < -0.4 is 91.5 Å². The molecule has 10 rings (SSSR count). The summed E-state index contributed by atoms with van der Waals surface area (Å²) in [6, 6.07) is 20.2.